The van der Waals surface area contributed by atoms with Crippen LogP contribution in [0.1, 0.15) is 34.8 Å². The van der Waals surface area contributed by atoms with Crippen LogP contribution in [0, 0.1) is 13.8 Å². The molecule has 4 nitrogen and oxygen atoms in total. The number of hydrogen-bond donors (Lipinski definition) is 0. The average Bonchev–Trinajstić information content (AvgIpc) is 2.52. The molecular formula is C19H20O4. The van der Waals surface area contributed by atoms with Crippen molar-refractivity contribution in [2.75, 3.05) is 6.61 Å². The van der Waals surface area contributed by atoms with Gasteiger partial charge in [0.15, 0.2) is 12.4 Å². The molecule has 0 bridgehead atoms. The Morgan fingerprint density at radius 3 is 2.09 bits per heavy atom. The molecule has 2 aromatic rings. The lowest BCUT2D eigenvalue weighted by Crippen LogP contribution is -2.17. The smallest absolute Gasteiger partial charge is 0.349 e. The van der Waals surface area contributed by atoms with E-state index < -0.39 is 5.97 Å². The van der Waals surface area contributed by atoms with E-state index in [2.05, 4.69) is 0 Å². The maximum atomic E-state index is 11.8. The van der Waals surface area contributed by atoms with Gasteiger partial charge in [0, 0.05) is 12.0 Å². The van der Waals surface area contributed by atoms with Crippen molar-refractivity contribution in [3.63, 3.8) is 0 Å². The fourth-order valence-corrected chi connectivity index (χ4v) is 2.23. The zero-order valence-corrected chi connectivity index (χ0v) is 13.6. The fraction of sp³-hybridized carbons (Fsp3) is 0.263. The van der Waals surface area contributed by atoms with Crippen LogP contribution >= 0.6 is 0 Å². The molecule has 120 valence electrons. The lowest BCUT2D eigenvalue weighted by Gasteiger charge is -2.08. The fourth-order valence-electron chi connectivity index (χ4n) is 2.23. The van der Waals surface area contributed by atoms with Gasteiger partial charge in [-0.25, -0.2) is 4.79 Å². The Labute approximate surface area is 136 Å². The molecule has 0 fully saturated rings. The summed E-state index contributed by atoms with van der Waals surface area (Å²) < 4.78 is 10.6. The van der Waals surface area contributed by atoms with E-state index in [1.54, 1.807) is 31.2 Å². The van der Waals surface area contributed by atoms with E-state index in [-0.39, 0.29) is 12.4 Å². The molecule has 0 spiro atoms. The van der Waals surface area contributed by atoms with Crippen molar-refractivity contribution in [1.82, 2.24) is 0 Å². The average molecular weight is 312 g/mol. The largest absolute Gasteiger partial charge is 0.482 e. The number of carbonyl (C=O) groups is 2. The quantitative estimate of drug-likeness (QED) is 0.461. The Bertz CT molecular complexity index is 682. The predicted octanol–water partition coefficient (Wildman–Crippen LogP) is 3.88. The minimum atomic E-state index is -0.487. The first-order chi connectivity index (χ1) is 11.0. The van der Waals surface area contributed by atoms with Gasteiger partial charge >= 0.3 is 5.97 Å². The number of hydrogen-bond acceptors (Lipinski definition) is 4. The summed E-state index contributed by atoms with van der Waals surface area (Å²) in [5, 5.41) is 0. The first-order valence-electron chi connectivity index (χ1n) is 7.53. The lowest BCUT2D eigenvalue weighted by molar-refractivity contribution is -0.136. The van der Waals surface area contributed by atoms with E-state index in [0.29, 0.717) is 23.5 Å². The van der Waals surface area contributed by atoms with Crippen molar-refractivity contribution >= 4 is 11.8 Å². The van der Waals surface area contributed by atoms with Crippen LogP contribution in [0.2, 0.25) is 0 Å². The van der Waals surface area contributed by atoms with Crippen molar-refractivity contribution in [2.45, 2.75) is 27.2 Å². The van der Waals surface area contributed by atoms with E-state index in [4.69, 9.17) is 9.47 Å². The number of Topliss-reactive ketones (excluding diaryl/α,β-unsaturated/α-hetero) is 1. The van der Waals surface area contributed by atoms with Gasteiger partial charge in [-0.3, -0.25) is 4.79 Å². The number of benzene rings is 2. The van der Waals surface area contributed by atoms with Gasteiger partial charge in [-0.2, -0.15) is 0 Å². The summed E-state index contributed by atoms with van der Waals surface area (Å²) >= 11 is 0. The maximum absolute atomic E-state index is 11.8. The zero-order valence-electron chi connectivity index (χ0n) is 13.6. The maximum Gasteiger partial charge on any atom is 0.349 e. The van der Waals surface area contributed by atoms with Crippen molar-refractivity contribution in [2.24, 2.45) is 0 Å². The summed E-state index contributed by atoms with van der Waals surface area (Å²) in [6, 6.07) is 12.3. The predicted molar refractivity (Wildman–Crippen MR) is 88.1 cm³/mol. The highest BCUT2D eigenvalue weighted by Crippen LogP contribution is 2.17. The number of aryl methyl sites for hydroxylation is 2. The monoisotopic (exact) mass is 312 g/mol. The third-order valence-electron chi connectivity index (χ3n) is 3.28. The van der Waals surface area contributed by atoms with Gasteiger partial charge in [0.25, 0.3) is 0 Å². The van der Waals surface area contributed by atoms with Crippen molar-refractivity contribution in [3.8, 4) is 11.5 Å². The van der Waals surface area contributed by atoms with Crippen LogP contribution in [0.3, 0.4) is 0 Å². The second-order valence-electron chi connectivity index (χ2n) is 5.39. The Morgan fingerprint density at radius 1 is 0.913 bits per heavy atom. The normalized spacial score (nSPS) is 10.2. The first-order valence-corrected chi connectivity index (χ1v) is 7.53. The third kappa shape index (κ3) is 4.95. The molecule has 0 heterocycles. The van der Waals surface area contributed by atoms with E-state index in [9.17, 15) is 9.59 Å². The zero-order chi connectivity index (χ0) is 16.8. The highest BCUT2D eigenvalue weighted by molar-refractivity contribution is 5.95. The summed E-state index contributed by atoms with van der Waals surface area (Å²) in [6.07, 6.45) is 0.447. The molecule has 0 radical (unpaired) electrons. The third-order valence-corrected chi connectivity index (χ3v) is 3.28. The number of carbonyl (C=O) groups excluding carboxylic acids is 2. The number of rotatable bonds is 6. The van der Waals surface area contributed by atoms with Crippen LogP contribution < -0.4 is 9.47 Å². The highest BCUT2D eigenvalue weighted by atomic mass is 16.6. The van der Waals surface area contributed by atoms with Gasteiger partial charge in [0.05, 0.1) is 0 Å². The molecule has 0 amide bonds. The van der Waals surface area contributed by atoms with Gasteiger partial charge in [-0.1, -0.05) is 13.0 Å². The number of ketones is 1. The molecule has 0 N–H and O–H groups in total. The summed E-state index contributed by atoms with van der Waals surface area (Å²) in [5.74, 6) is 0.606. The molecule has 0 aliphatic rings. The topological polar surface area (TPSA) is 52.6 Å². The highest BCUT2D eigenvalue weighted by Gasteiger charge is 2.08. The number of esters is 1. The lowest BCUT2D eigenvalue weighted by atomic mass is 10.1. The Morgan fingerprint density at radius 2 is 1.52 bits per heavy atom. The van der Waals surface area contributed by atoms with Crippen LogP contribution in [0.25, 0.3) is 0 Å². The molecule has 0 atom stereocenters. The van der Waals surface area contributed by atoms with Crippen molar-refractivity contribution in [3.05, 3.63) is 59.2 Å². The SMILES string of the molecule is CCC(=O)c1ccc(OC(=O)COc2cc(C)cc(C)c2)cc1. The van der Waals surface area contributed by atoms with E-state index >= 15 is 0 Å². The summed E-state index contributed by atoms with van der Waals surface area (Å²) in [7, 11) is 0. The van der Waals surface area contributed by atoms with E-state index in [1.807, 2.05) is 32.0 Å². The second-order valence-corrected chi connectivity index (χ2v) is 5.39. The molecule has 0 saturated carbocycles. The second kappa shape index (κ2) is 7.58. The minimum Gasteiger partial charge on any atom is -0.482 e. The summed E-state index contributed by atoms with van der Waals surface area (Å²) in [4.78, 5) is 23.3. The Hall–Kier alpha value is -2.62. The molecule has 0 aliphatic carbocycles. The van der Waals surface area contributed by atoms with E-state index in [0.717, 1.165) is 11.1 Å². The Kier molecular flexibility index (Phi) is 5.52. The molecule has 23 heavy (non-hydrogen) atoms. The van der Waals surface area contributed by atoms with Crippen LogP contribution in [-0.2, 0) is 4.79 Å². The summed E-state index contributed by atoms with van der Waals surface area (Å²) in [6.45, 7) is 5.58. The van der Waals surface area contributed by atoms with Crippen molar-refractivity contribution in [1.29, 1.82) is 0 Å². The van der Waals surface area contributed by atoms with Gasteiger partial charge in [0.1, 0.15) is 11.5 Å². The summed E-state index contributed by atoms with van der Waals surface area (Å²) in [5.41, 5.74) is 2.76. The molecule has 0 aliphatic heterocycles. The molecular weight excluding hydrogens is 292 g/mol. The molecule has 0 saturated heterocycles. The standard InChI is InChI=1S/C19H20O4/c1-4-18(20)15-5-7-16(8-6-15)23-19(21)12-22-17-10-13(2)9-14(3)11-17/h5-11H,4,12H2,1-3H3. The van der Waals surface area contributed by atoms with Crippen LogP contribution in [-0.4, -0.2) is 18.4 Å². The van der Waals surface area contributed by atoms with Gasteiger partial charge in [-0.15, -0.1) is 0 Å². The molecule has 4 heteroatoms. The van der Waals surface area contributed by atoms with Gasteiger partial charge in [-0.05, 0) is 61.4 Å². The van der Waals surface area contributed by atoms with Crippen LogP contribution in [0.4, 0.5) is 0 Å². The molecule has 2 aromatic carbocycles. The molecule has 2 rings (SSSR count). The number of ether oxygens (including phenoxy) is 2. The van der Waals surface area contributed by atoms with E-state index in [1.165, 1.54) is 0 Å². The van der Waals surface area contributed by atoms with Crippen LogP contribution in [0.15, 0.2) is 42.5 Å². The van der Waals surface area contributed by atoms with Crippen LogP contribution in [0.5, 0.6) is 11.5 Å². The molecule has 0 unspecified atom stereocenters. The van der Waals surface area contributed by atoms with Gasteiger partial charge in [0.2, 0.25) is 0 Å². The van der Waals surface area contributed by atoms with Crippen molar-refractivity contribution < 1.29 is 19.1 Å². The Balaban J connectivity index is 1.90. The minimum absolute atomic E-state index is 0.0565. The first kappa shape index (κ1) is 16.7. The molecule has 0 aromatic heterocycles. The van der Waals surface area contributed by atoms with Gasteiger partial charge < -0.3 is 9.47 Å².